The Hall–Kier alpha value is -0.820. The van der Waals surface area contributed by atoms with Gasteiger partial charge in [0.25, 0.3) is 0 Å². The predicted octanol–water partition coefficient (Wildman–Crippen LogP) is 3.02. The number of piperidine rings is 1. The SMILES string of the molecule is C=C/C=C\C=C(/C)C1CCN(C)CC1. The first-order chi connectivity index (χ1) is 6.74. The van der Waals surface area contributed by atoms with Crippen LogP contribution < -0.4 is 0 Å². The molecule has 1 fully saturated rings. The zero-order valence-electron chi connectivity index (χ0n) is 9.37. The number of likely N-dealkylation sites (tertiary alicyclic amines) is 1. The van der Waals surface area contributed by atoms with Crippen LogP contribution in [0.15, 0.2) is 36.5 Å². The molecule has 0 aliphatic carbocycles. The second-order valence-electron chi connectivity index (χ2n) is 4.11. The first kappa shape index (κ1) is 11.3. The number of hydrogen-bond acceptors (Lipinski definition) is 1. The fraction of sp³-hybridized carbons (Fsp3) is 0.538. The average molecular weight is 191 g/mol. The number of allylic oxidation sites excluding steroid dienone is 5. The third-order valence-electron chi connectivity index (χ3n) is 2.97. The summed E-state index contributed by atoms with van der Waals surface area (Å²) >= 11 is 0. The molecule has 0 aromatic rings. The molecule has 1 rings (SSSR count). The van der Waals surface area contributed by atoms with Crippen molar-refractivity contribution >= 4 is 0 Å². The molecule has 0 saturated carbocycles. The van der Waals surface area contributed by atoms with Crippen molar-refractivity contribution in [3.05, 3.63) is 36.5 Å². The van der Waals surface area contributed by atoms with Gasteiger partial charge in [-0.1, -0.05) is 36.5 Å². The van der Waals surface area contributed by atoms with E-state index in [9.17, 15) is 0 Å². The Morgan fingerprint density at radius 3 is 2.50 bits per heavy atom. The summed E-state index contributed by atoms with van der Waals surface area (Å²) in [6.07, 6.45) is 10.7. The predicted molar refractivity (Wildman–Crippen MR) is 63.3 cm³/mol. The molecule has 1 aliphatic rings. The van der Waals surface area contributed by atoms with E-state index in [1.807, 2.05) is 12.2 Å². The number of hydrogen-bond donors (Lipinski definition) is 0. The Labute approximate surface area is 87.8 Å². The highest BCUT2D eigenvalue weighted by atomic mass is 15.1. The van der Waals surface area contributed by atoms with Crippen LogP contribution in [0.1, 0.15) is 19.8 Å². The van der Waals surface area contributed by atoms with E-state index in [0.717, 1.165) is 5.92 Å². The van der Waals surface area contributed by atoms with Crippen LogP contribution in [-0.4, -0.2) is 25.0 Å². The number of nitrogens with zero attached hydrogens (tertiary/aromatic N) is 1. The maximum Gasteiger partial charge on any atom is -0.00161 e. The fourth-order valence-corrected chi connectivity index (χ4v) is 1.89. The van der Waals surface area contributed by atoms with Crippen LogP contribution in [0.4, 0.5) is 0 Å². The van der Waals surface area contributed by atoms with Crippen molar-refractivity contribution in [1.29, 1.82) is 0 Å². The largest absolute Gasteiger partial charge is 0.306 e. The standard InChI is InChI=1S/C13H21N/c1-4-5-6-7-12(2)13-8-10-14(3)11-9-13/h4-7,13H,1,8-11H2,2-3H3/b6-5-,12-7+. The van der Waals surface area contributed by atoms with E-state index in [-0.39, 0.29) is 0 Å². The molecule has 0 aromatic heterocycles. The van der Waals surface area contributed by atoms with Crippen LogP contribution in [0.25, 0.3) is 0 Å². The summed E-state index contributed by atoms with van der Waals surface area (Å²) in [6.45, 7) is 8.37. The minimum Gasteiger partial charge on any atom is -0.306 e. The molecule has 14 heavy (non-hydrogen) atoms. The van der Waals surface area contributed by atoms with Crippen LogP contribution in [0, 0.1) is 5.92 Å². The molecule has 0 amide bonds. The van der Waals surface area contributed by atoms with Crippen LogP contribution in [-0.2, 0) is 0 Å². The first-order valence-electron chi connectivity index (χ1n) is 5.38. The van der Waals surface area contributed by atoms with Gasteiger partial charge in [0.2, 0.25) is 0 Å². The van der Waals surface area contributed by atoms with E-state index in [1.165, 1.54) is 31.5 Å². The van der Waals surface area contributed by atoms with E-state index in [2.05, 4.69) is 37.6 Å². The monoisotopic (exact) mass is 191 g/mol. The van der Waals surface area contributed by atoms with Crippen molar-refractivity contribution in [2.75, 3.05) is 20.1 Å². The Kier molecular flexibility index (Phi) is 4.68. The molecular formula is C13H21N. The van der Waals surface area contributed by atoms with Gasteiger partial charge in [0.05, 0.1) is 0 Å². The minimum absolute atomic E-state index is 0.792. The maximum absolute atomic E-state index is 3.66. The van der Waals surface area contributed by atoms with Crippen LogP contribution in [0.2, 0.25) is 0 Å². The van der Waals surface area contributed by atoms with Crippen molar-refractivity contribution < 1.29 is 0 Å². The Balaban J connectivity index is 2.44. The summed E-state index contributed by atoms with van der Waals surface area (Å²) in [5.41, 5.74) is 1.51. The topological polar surface area (TPSA) is 3.24 Å². The van der Waals surface area contributed by atoms with Gasteiger partial charge in [0.1, 0.15) is 0 Å². The summed E-state index contributed by atoms with van der Waals surface area (Å²) in [4.78, 5) is 2.41. The van der Waals surface area contributed by atoms with E-state index in [1.54, 1.807) is 0 Å². The molecule has 0 spiro atoms. The van der Waals surface area contributed by atoms with Crippen molar-refractivity contribution in [2.24, 2.45) is 5.92 Å². The quantitative estimate of drug-likeness (QED) is 0.620. The third kappa shape index (κ3) is 3.51. The van der Waals surface area contributed by atoms with Gasteiger partial charge in [-0.3, -0.25) is 0 Å². The molecule has 1 saturated heterocycles. The van der Waals surface area contributed by atoms with Gasteiger partial charge in [0, 0.05) is 0 Å². The highest BCUT2D eigenvalue weighted by Crippen LogP contribution is 2.23. The summed E-state index contributed by atoms with van der Waals surface area (Å²) in [5.74, 6) is 0.792. The molecule has 1 aliphatic heterocycles. The van der Waals surface area contributed by atoms with Gasteiger partial charge >= 0.3 is 0 Å². The summed E-state index contributed by atoms with van der Waals surface area (Å²) in [5, 5.41) is 0. The lowest BCUT2D eigenvalue weighted by Gasteiger charge is -2.29. The number of rotatable bonds is 3. The molecule has 1 heterocycles. The van der Waals surface area contributed by atoms with Crippen LogP contribution in [0.3, 0.4) is 0 Å². The van der Waals surface area contributed by atoms with Gasteiger partial charge in [-0.2, -0.15) is 0 Å². The van der Waals surface area contributed by atoms with E-state index < -0.39 is 0 Å². The minimum atomic E-state index is 0.792. The van der Waals surface area contributed by atoms with Gasteiger partial charge in [-0.15, -0.1) is 0 Å². The Morgan fingerprint density at radius 2 is 1.93 bits per heavy atom. The normalized spacial score (nSPS) is 21.7. The zero-order valence-corrected chi connectivity index (χ0v) is 9.37. The molecule has 0 N–H and O–H groups in total. The highest BCUT2D eigenvalue weighted by molar-refractivity contribution is 5.16. The lowest BCUT2D eigenvalue weighted by molar-refractivity contribution is 0.238. The second kappa shape index (κ2) is 5.82. The first-order valence-corrected chi connectivity index (χ1v) is 5.38. The molecule has 0 radical (unpaired) electrons. The molecule has 0 bridgehead atoms. The van der Waals surface area contributed by atoms with Gasteiger partial charge in [-0.05, 0) is 45.8 Å². The van der Waals surface area contributed by atoms with Gasteiger partial charge in [0.15, 0.2) is 0 Å². The van der Waals surface area contributed by atoms with Crippen molar-refractivity contribution in [2.45, 2.75) is 19.8 Å². The molecule has 0 atom stereocenters. The average Bonchev–Trinajstić information content (AvgIpc) is 2.19. The lowest BCUT2D eigenvalue weighted by atomic mass is 9.90. The van der Waals surface area contributed by atoms with Gasteiger partial charge < -0.3 is 4.90 Å². The Bertz CT molecular complexity index is 230. The highest BCUT2D eigenvalue weighted by Gasteiger charge is 2.16. The smallest absolute Gasteiger partial charge is 0.00161 e. The van der Waals surface area contributed by atoms with Gasteiger partial charge in [-0.25, -0.2) is 0 Å². The lowest BCUT2D eigenvalue weighted by Crippen LogP contribution is -2.30. The summed E-state index contributed by atoms with van der Waals surface area (Å²) in [7, 11) is 2.20. The molecule has 0 aromatic carbocycles. The second-order valence-corrected chi connectivity index (χ2v) is 4.11. The molecule has 0 unspecified atom stereocenters. The van der Waals surface area contributed by atoms with Crippen molar-refractivity contribution in [3.63, 3.8) is 0 Å². The molecule has 1 nitrogen and oxygen atoms in total. The maximum atomic E-state index is 3.66. The van der Waals surface area contributed by atoms with E-state index in [0.29, 0.717) is 0 Å². The summed E-state index contributed by atoms with van der Waals surface area (Å²) in [6, 6.07) is 0. The Morgan fingerprint density at radius 1 is 1.29 bits per heavy atom. The van der Waals surface area contributed by atoms with E-state index >= 15 is 0 Å². The molecular weight excluding hydrogens is 170 g/mol. The van der Waals surface area contributed by atoms with E-state index in [4.69, 9.17) is 0 Å². The van der Waals surface area contributed by atoms with Crippen LogP contribution in [0.5, 0.6) is 0 Å². The van der Waals surface area contributed by atoms with Crippen molar-refractivity contribution in [1.82, 2.24) is 4.90 Å². The fourth-order valence-electron chi connectivity index (χ4n) is 1.89. The van der Waals surface area contributed by atoms with Crippen LogP contribution >= 0.6 is 0 Å². The molecule has 78 valence electrons. The van der Waals surface area contributed by atoms with Crippen molar-refractivity contribution in [3.8, 4) is 0 Å². The zero-order chi connectivity index (χ0) is 10.4. The summed E-state index contributed by atoms with van der Waals surface area (Å²) < 4.78 is 0. The molecule has 1 heteroatoms. The third-order valence-corrected chi connectivity index (χ3v) is 2.97.